The molecule has 90 valence electrons. The van der Waals surface area contributed by atoms with Gasteiger partial charge in [-0.2, -0.15) is 0 Å². The quantitative estimate of drug-likeness (QED) is 0.808. The van der Waals surface area contributed by atoms with Gasteiger partial charge < -0.3 is 4.90 Å². The van der Waals surface area contributed by atoms with Crippen LogP contribution in [0.25, 0.3) is 0 Å². The molecule has 0 aromatic heterocycles. The second kappa shape index (κ2) is 4.49. The summed E-state index contributed by atoms with van der Waals surface area (Å²) < 4.78 is 0. The van der Waals surface area contributed by atoms with E-state index in [2.05, 4.69) is 0 Å². The van der Waals surface area contributed by atoms with E-state index in [-0.39, 0.29) is 24.0 Å². The van der Waals surface area contributed by atoms with Gasteiger partial charge in [0.2, 0.25) is 5.91 Å². The van der Waals surface area contributed by atoms with Crippen molar-refractivity contribution < 1.29 is 9.59 Å². The molecule has 2 rings (SSSR count). The molecule has 3 nitrogen and oxygen atoms in total. The number of Topliss-reactive ketones (excluding diaryl/α,β-unsaturated/α-hetero) is 1. The highest BCUT2D eigenvalue weighted by Crippen LogP contribution is 2.31. The number of carbonyl (C=O) groups excluding carboxylic acids is 2. The van der Waals surface area contributed by atoms with Gasteiger partial charge in [0.25, 0.3) is 0 Å². The lowest BCUT2D eigenvalue weighted by molar-refractivity contribution is -0.129. The van der Waals surface area contributed by atoms with Crippen LogP contribution in [-0.4, -0.2) is 30.7 Å². The molecule has 0 N–H and O–H groups in total. The normalized spacial score (nSPS) is 18.1. The van der Waals surface area contributed by atoms with Crippen molar-refractivity contribution in [2.24, 2.45) is 5.92 Å². The minimum Gasteiger partial charge on any atom is -0.349 e. The summed E-state index contributed by atoms with van der Waals surface area (Å²) in [6, 6.07) is 5.28. The van der Waals surface area contributed by atoms with Gasteiger partial charge in [0.05, 0.1) is 0 Å². The van der Waals surface area contributed by atoms with Gasteiger partial charge in [-0.05, 0) is 30.2 Å². The summed E-state index contributed by atoms with van der Waals surface area (Å²) in [5.74, 6) is -0.174. The van der Waals surface area contributed by atoms with Gasteiger partial charge in [-0.1, -0.05) is 11.6 Å². The average molecular weight is 252 g/mol. The Hall–Kier alpha value is -1.35. The lowest BCUT2D eigenvalue weighted by Crippen LogP contribution is -2.26. The molecule has 0 aliphatic heterocycles. The van der Waals surface area contributed by atoms with Crippen LogP contribution in [0.15, 0.2) is 18.2 Å². The summed E-state index contributed by atoms with van der Waals surface area (Å²) in [6.07, 6.45) is 0.895. The monoisotopic (exact) mass is 251 g/mol. The Morgan fingerprint density at radius 3 is 2.82 bits per heavy atom. The lowest BCUT2D eigenvalue weighted by Gasteiger charge is -2.12. The topological polar surface area (TPSA) is 37.4 Å². The van der Waals surface area contributed by atoms with Crippen LogP contribution in [0.3, 0.4) is 0 Å². The van der Waals surface area contributed by atoms with Crippen molar-refractivity contribution in [1.82, 2.24) is 4.90 Å². The number of benzene rings is 1. The summed E-state index contributed by atoms with van der Waals surface area (Å²) in [4.78, 5) is 25.2. The van der Waals surface area contributed by atoms with E-state index in [1.807, 2.05) is 6.07 Å². The maximum atomic E-state index is 12.1. The van der Waals surface area contributed by atoms with Gasteiger partial charge in [0.15, 0.2) is 5.78 Å². The van der Waals surface area contributed by atoms with Crippen molar-refractivity contribution in [2.75, 3.05) is 14.1 Å². The second-order valence-electron chi connectivity index (χ2n) is 4.56. The first-order valence-corrected chi connectivity index (χ1v) is 5.89. The van der Waals surface area contributed by atoms with Crippen molar-refractivity contribution in [1.29, 1.82) is 0 Å². The van der Waals surface area contributed by atoms with Crippen molar-refractivity contribution in [3.8, 4) is 0 Å². The van der Waals surface area contributed by atoms with Crippen LogP contribution in [-0.2, 0) is 11.2 Å². The summed E-state index contributed by atoms with van der Waals surface area (Å²) in [5, 5.41) is 0.635. The van der Waals surface area contributed by atoms with Crippen LogP contribution in [0.1, 0.15) is 22.3 Å². The predicted octanol–water partition coefficient (Wildman–Crippen LogP) is 2.17. The number of carbonyl (C=O) groups is 2. The highest BCUT2D eigenvalue weighted by molar-refractivity contribution is 6.30. The van der Waals surface area contributed by atoms with E-state index in [1.54, 1.807) is 26.2 Å². The van der Waals surface area contributed by atoms with Crippen LogP contribution in [0, 0.1) is 5.92 Å². The lowest BCUT2D eigenvalue weighted by atomic mass is 10.0. The van der Waals surface area contributed by atoms with Crippen LogP contribution in [0.4, 0.5) is 0 Å². The van der Waals surface area contributed by atoms with Gasteiger partial charge in [0.1, 0.15) is 0 Å². The fourth-order valence-corrected chi connectivity index (χ4v) is 2.30. The van der Waals surface area contributed by atoms with Gasteiger partial charge in [-0.3, -0.25) is 9.59 Å². The van der Waals surface area contributed by atoms with E-state index in [9.17, 15) is 9.59 Å². The van der Waals surface area contributed by atoms with Gasteiger partial charge in [-0.25, -0.2) is 0 Å². The Bertz CT molecular complexity index is 482. The Kier molecular flexibility index (Phi) is 3.20. The Morgan fingerprint density at radius 1 is 1.47 bits per heavy atom. The molecule has 4 heteroatoms. The third-order valence-corrected chi connectivity index (χ3v) is 3.32. The van der Waals surface area contributed by atoms with Crippen LogP contribution in [0.2, 0.25) is 5.02 Å². The third kappa shape index (κ3) is 2.34. The molecule has 0 heterocycles. The zero-order chi connectivity index (χ0) is 12.6. The average Bonchev–Trinajstić information content (AvgIpc) is 2.55. The number of rotatable bonds is 2. The van der Waals surface area contributed by atoms with Crippen molar-refractivity contribution in [3.63, 3.8) is 0 Å². The molecule has 0 saturated heterocycles. The number of amides is 1. The van der Waals surface area contributed by atoms with Crippen LogP contribution in [0.5, 0.6) is 0 Å². The highest BCUT2D eigenvalue weighted by atomic mass is 35.5. The van der Waals surface area contributed by atoms with E-state index in [0.29, 0.717) is 17.0 Å². The number of hydrogen-bond donors (Lipinski definition) is 0. The number of hydrogen-bond acceptors (Lipinski definition) is 2. The van der Waals surface area contributed by atoms with Crippen LogP contribution < -0.4 is 0 Å². The van der Waals surface area contributed by atoms with Crippen LogP contribution >= 0.6 is 11.6 Å². The van der Waals surface area contributed by atoms with Crippen molar-refractivity contribution in [2.45, 2.75) is 12.8 Å². The smallest absolute Gasteiger partial charge is 0.222 e. The summed E-state index contributed by atoms with van der Waals surface area (Å²) in [6.45, 7) is 0. The Balaban J connectivity index is 2.17. The molecular weight excluding hydrogens is 238 g/mol. The third-order valence-electron chi connectivity index (χ3n) is 3.09. The highest BCUT2D eigenvalue weighted by Gasteiger charge is 2.32. The first-order valence-electron chi connectivity index (χ1n) is 5.52. The molecule has 1 atom stereocenters. The predicted molar refractivity (Wildman–Crippen MR) is 66.3 cm³/mol. The first-order chi connectivity index (χ1) is 7.99. The minimum absolute atomic E-state index is 0.0118. The summed E-state index contributed by atoms with van der Waals surface area (Å²) in [7, 11) is 3.40. The molecule has 0 saturated carbocycles. The van der Waals surface area contributed by atoms with E-state index in [4.69, 9.17) is 11.6 Å². The number of nitrogens with zero attached hydrogens (tertiary/aromatic N) is 1. The van der Waals surface area contributed by atoms with E-state index in [0.717, 1.165) is 5.56 Å². The molecule has 17 heavy (non-hydrogen) atoms. The van der Waals surface area contributed by atoms with E-state index >= 15 is 0 Å². The van der Waals surface area contributed by atoms with Crippen molar-refractivity contribution in [3.05, 3.63) is 34.3 Å². The molecule has 0 fully saturated rings. The molecule has 0 spiro atoms. The molecule has 1 aliphatic carbocycles. The SMILES string of the molecule is CN(C)C(=O)CC1Cc2cc(Cl)ccc2C1=O. The fourth-order valence-electron chi connectivity index (χ4n) is 2.11. The molecule has 0 radical (unpaired) electrons. The molecule has 1 aromatic carbocycles. The van der Waals surface area contributed by atoms with E-state index < -0.39 is 0 Å². The molecule has 1 unspecified atom stereocenters. The number of fused-ring (bicyclic) bond motifs is 1. The first kappa shape index (κ1) is 12.1. The maximum Gasteiger partial charge on any atom is 0.222 e. The maximum absolute atomic E-state index is 12.1. The molecule has 1 aliphatic rings. The fraction of sp³-hybridized carbons (Fsp3) is 0.385. The molecular formula is C13H14ClNO2. The summed E-state index contributed by atoms with van der Waals surface area (Å²) >= 11 is 5.89. The minimum atomic E-state index is -0.224. The zero-order valence-electron chi connectivity index (χ0n) is 9.87. The second-order valence-corrected chi connectivity index (χ2v) is 5.00. The Labute approximate surface area is 105 Å². The van der Waals surface area contributed by atoms with Gasteiger partial charge >= 0.3 is 0 Å². The molecule has 1 amide bonds. The zero-order valence-corrected chi connectivity index (χ0v) is 10.6. The van der Waals surface area contributed by atoms with Gasteiger partial charge in [-0.15, -0.1) is 0 Å². The molecule has 0 bridgehead atoms. The number of halogens is 1. The number of ketones is 1. The van der Waals surface area contributed by atoms with Crippen molar-refractivity contribution >= 4 is 23.3 Å². The van der Waals surface area contributed by atoms with E-state index in [1.165, 1.54) is 4.90 Å². The Morgan fingerprint density at radius 2 is 2.18 bits per heavy atom. The van der Waals surface area contributed by atoms with Gasteiger partial charge in [0, 0.05) is 37.0 Å². The molecule has 1 aromatic rings. The summed E-state index contributed by atoms with van der Waals surface area (Å²) in [5.41, 5.74) is 1.67. The largest absolute Gasteiger partial charge is 0.349 e. The standard InChI is InChI=1S/C13H14ClNO2/c1-15(2)12(16)7-9-5-8-6-10(14)3-4-11(8)13(9)17/h3-4,6,9H,5,7H2,1-2H3.